The zero-order chi connectivity index (χ0) is 16.2. The summed E-state index contributed by atoms with van der Waals surface area (Å²) in [5.74, 6) is -0.252. The predicted octanol–water partition coefficient (Wildman–Crippen LogP) is 5.04. The second-order valence-corrected chi connectivity index (χ2v) is 10.00. The van der Waals surface area contributed by atoms with Crippen molar-refractivity contribution in [1.82, 2.24) is 0 Å². The SMILES string of the molecule is CC(=O)O[C@H]1C[C@@H]2C[C@@H]1[C@@H]1[C@@H]2[C@]2(Cl)C(Cl)=C(Cl)[C@]1(Cl)C2(Cl)Cl. The average Bonchev–Trinajstić information content (AvgIpc) is 3.04. The van der Waals surface area contributed by atoms with Crippen molar-refractivity contribution in [2.75, 3.05) is 0 Å². The minimum atomic E-state index is -1.49. The van der Waals surface area contributed by atoms with Crippen molar-refractivity contribution in [2.24, 2.45) is 23.7 Å². The van der Waals surface area contributed by atoms with Gasteiger partial charge >= 0.3 is 5.97 Å². The molecule has 3 saturated carbocycles. The first-order valence-corrected chi connectivity index (χ1v) is 9.34. The third-order valence-electron chi connectivity index (χ3n) is 5.92. The summed E-state index contributed by atoms with van der Waals surface area (Å²) in [6.45, 7) is 1.40. The lowest BCUT2D eigenvalue weighted by atomic mass is 9.71. The number of halogens is 6. The van der Waals surface area contributed by atoms with Gasteiger partial charge < -0.3 is 4.74 Å². The van der Waals surface area contributed by atoms with Crippen LogP contribution >= 0.6 is 69.6 Å². The molecule has 0 radical (unpaired) electrons. The zero-order valence-corrected chi connectivity index (χ0v) is 15.9. The maximum atomic E-state index is 11.3. The molecule has 0 saturated heterocycles. The number of rotatable bonds is 1. The van der Waals surface area contributed by atoms with Crippen molar-refractivity contribution >= 4 is 75.6 Å². The lowest BCUT2D eigenvalue weighted by Crippen LogP contribution is -2.46. The number of fused-ring (bicyclic) bond motifs is 9. The highest BCUT2D eigenvalue weighted by molar-refractivity contribution is 6.65. The summed E-state index contributed by atoms with van der Waals surface area (Å²) in [6.07, 6.45) is 1.42. The highest BCUT2D eigenvalue weighted by atomic mass is 35.5. The fraction of sp³-hybridized carbons (Fsp3) is 0.786. The second kappa shape index (κ2) is 4.56. The number of hydrogen-bond donors (Lipinski definition) is 0. The lowest BCUT2D eigenvalue weighted by Gasteiger charge is -2.41. The van der Waals surface area contributed by atoms with Gasteiger partial charge in [-0.15, -0.1) is 23.2 Å². The minimum Gasteiger partial charge on any atom is -0.462 e. The Bertz CT molecular complexity index is 618. The van der Waals surface area contributed by atoms with Gasteiger partial charge in [-0.25, -0.2) is 0 Å². The molecule has 3 fully saturated rings. The number of carbonyl (C=O) groups is 1. The van der Waals surface area contributed by atoms with Crippen LogP contribution in [-0.2, 0) is 9.53 Å². The van der Waals surface area contributed by atoms with E-state index in [0.29, 0.717) is 0 Å². The van der Waals surface area contributed by atoms with E-state index in [1.807, 2.05) is 0 Å². The Morgan fingerprint density at radius 2 is 1.59 bits per heavy atom. The molecule has 0 heterocycles. The zero-order valence-electron chi connectivity index (χ0n) is 11.4. The van der Waals surface area contributed by atoms with Crippen molar-refractivity contribution in [3.8, 4) is 0 Å². The van der Waals surface area contributed by atoms with Gasteiger partial charge in [0.2, 0.25) is 0 Å². The molecule has 0 unspecified atom stereocenters. The predicted molar refractivity (Wildman–Crippen MR) is 89.1 cm³/mol. The van der Waals surface area contributed by atoms with Crippen LogP contribution in [0.2, 0.25) is 0 Å². The fourth-order valence-electron chi connectivity index (χ4n) is 5.34. The van der Waals surface area contributed by atoms with E-state index >= 15 is 0 Å². The smallest absolute Gasteiger partial charge is 0.302 e. The van der Waals surface area contributed by atoms with Crippen molar-refractivity contribution in [3.63, 3.8) is 0 Å². The number of allylic oxidation sites excluding steroid dienone is 2. The lowest BCUT2D eigenvalue weighted by molar-refractivity contribution is -0.150. The van der Waals surface area contributed by atoms with Crippen LogP contribution in [0, 0.1) is 23.7 Å². The van der Waals surface area contributed by atoms with Gasteiger partial charge in [-0.1, -0.05) is 46.4 Å². The molecule has 0 amide bonds. The van der Waals surface area contributed by atoms with Gasteiger partial charge in [0, 0.05) is 12.8 Å². The molecule has 4 rings (SSSR count). The summed E-state index contributed by atoms with van der Waals surface area (Å²) in [6, 6.07) is 0. The molecule has 0 aromatic rings. The van der Waals surface area contributed by atoms with Crippen LogP contribution < -0.4 is 0 Å². The molecular weight excluding hydrogens is 413 g/mol. The van der Waals surface area contributed by atoms with E-state index in [1.54, 1.807) is 0 Å². The third-order valence-corrected chi connectivity index (χ3v) is 10.2. The summed E-state index contributed by atoms with van der Waals surface area (Å²) >= 11 is 39.7. The van der Waals surface area contributed by atoms with Crippen LogP contribution in [-0.4, -0.2) is 26.2 Å². The number of esters is 1. The van der Waals surface area contributed by atoms with Gasteiger partial charge in [-0.3, -0.25) is 4.79 Å². The second-order valence-electron chi connectivity index (χ2n) is 6.72. The number of ether oxygens (including phenoxy) is 1. The average molecular weight is 425 g/mol. The summed E-state index contributed by atoms with van der Waals surface area (Å²) in [5, 5.41) is 0.486. The van der Waals surface area contributed by atoms with Crippen LogP contribution in [0.5, 0.6) is 0 Å². The number of carbonyl (C=O) groups excluding carboxylic acids is 1. The van der Waals surface area contributed by atoms with E-state index in [9.17, 15) is 4.79 Å². The molecule has 8 heteroatoms. The van der Waals surface area contributed by atoms with Crippen molar-refractivity contribution in [1.29, 1.82) is 0 Å². The molecule has 0 aliphatic heterocycles. The van der Waals surface area contributed by atoms with Crippen molar-refractivity contribution < 1.29 is 9.53 Å². The highest BCUT2D eigenvalue weighted by Gasteiger charge is 2.86. The van der Waals surface area contributed by atoms with Gasteiger partial charge in [0.15, 0.2) is 4.33 Å². The topological polar surface area (TPSA) is 26.3 Å². The third kappa shape index (κ3) is 1.48. The summed E-state index contributed by atoms with van der Waals surface area (Å²) in [7, 11) is 0. The fourth-order valence-corrected chi connectivity index (χ4v) is 8.49. The molecule has 0 aromatic carbocycles. The first kappa shape index (κ1) is 16.4. The quantitative estimate of drug-likeness (QED) is 0.335. The molecule has 0 N–H and O–H groups in total. The van der Waals surface area contributed by atoms with Gasteiger partial charge in [0.1, 0.15) is 15.9 Å². The Hall–Kier alpha value is 0.950. The Morgan fingerprint density at radius 3 is 2.14 bits per heavy atom. The van der Waals surface area contributed by atoms with Crippen LogP contribution in [0.1, 0.15) is 19.8 Å². The molecule has 4 bridgehead atoms. The normalized spacial score (nSPS) is 54.0. The molecule has 7 atom stereocenters. The van der Waals surface area contributed by atoms with Gasteiger partial charge in [0.25, 0.3) is 0 Å². The molecule has 22 heavy (non-hydrogen) atoms. The first-order chi connectivity index (χ1) is 10.1. The molecule has 2 nitrogen and oxygen atoms in total. The maximum Gasteiger partial charge on any atom is 0.302 e. The monoisotopic (exact) mass is 422 g/mol. The number of hydrogen-bond acceptors (Lipinski definition) is 2. The van der Waals surface area contributed by atoms with Crippen molar-refractivity contribution in [3.05, 3.63) is 10.1 Å². The Labute approximate surface area is 158 Å². The molecule has 4 aliphatic rings. The van der Waals surface area contributed by atoms with Gasteiger partial charge in [0.05, 0.1) is 10.1 Å². The minimum absolute atomic E-state index is 0.0485. The van der Waals surface area contributed by atoms with E-state index in [4.69, 9.17) is 74.3 Å². The van der Waals surface area contributed by atoms with Crippen LogP contribution in [0.3, 0.4) is 0 Å². The van der Waals surface area contributed by atoms with Crippen molar-refractivity contribution in [2.45, 2.75) is 40.0 Å². The first-order valence-electron chi connectivity index (χ1n) is 7.07. The highest BCUT2D eigenvalue weighted by Crippen LogP contribution is 2.82. The Kier molecular flexibility index (Phi) is 3.41. The standard InChI is InChI=1S/C14H12Cl6O2/c1-4(21)22-7-3-5-2-6(7)9-8(5)12(17)10(15)11(16)13(9,18)14(12,19)20/h5-9H,2-3H2,1H3/t5-,6-,7-,8+,9+,12-,13-/m0/s1. The summed E-state index contributed by atoms with van der Waals surface area (Å²) in [4.78, 5) is 8.91. The summed E-state index contributed by atoms with van der Waals surface area (Å²) < 4.78 is 3.96. The van der Waals surface area contributed by atoms with Gasteiger partial charge in [-0.05, 0) is 30.6 Å². The van der Waals surface area contributed by atoms with Crippen LogP contribution in [0.4, 0.5) is 0 Å². The Morgan fingerprint density at radius 1 is 1.05 bits per heavy atom. The molecule has 0 aromatic heterocycles. The molecule has 0 spiro atoms. The Balaban J connectivity index is 1.83. The molecular formula is C14H12Cl6O2. The molecule has 122 valence electrons. The maximum absolute atomic E-state index is 11.3. The largest absolute Gasteiger partial charge is 0.462 e. The molecule has 4 aliphatic carbocycles. The summed E-state index contributed by atoms with van der Waals surface area (Å²) in [5.41, 5.74) is 0. The van der Waals surface area contributed by atoms with E-state index in [-0.39, 0.29) is 45.8 Å². The van der Waals surface area contributed by atoms with Crippen LogP contribution in [0.15, 0.2) is 10.1 Å². The van der Waals surface area contributed by atoms with E-state index in [0.717, 1.165) is 12.8 Å². The van der Waals surface area contributed by atoms with E-state index < -0.39 is 14.1 Å². The van der Waals surface area contributed by atoms with Gasteiger partial charge in [-0.2, -0.15) is 0 Å². The number of alkyl halides is 4. The van der Waals surface area contributed by atoms with E-state index in [1.165, 1.54) is 6.92 Å². The van der Waals surface area contributed by atoms with E-state index in [2.05, 4.69) is 0 Å². The van der Waals surface area contributed by atoms with Crippen LogP contribution in [0.25, 0.3) is 0 Å².